The Bertz CT molecular complexity index is 912. The van der Waals surface area contributed by atoms with Crippen molar-refractivity contribution in [1.29, 1.82) is 0 Å². The van der Waals surface area contributed by atoms with Crippen molar-refractivity contribution in [3.8, 4) is 0 Å². The van der Waals surface area contributed by atoms with E-state index in [4.69, 9.17) is 11.6 Å². The van der Waals surface area contributed by atoms with Gasteiger partial charge < -0.3 is 5.32 Å². The molecule has 26 heavy (non-hydrogen) atoms. The highest BCUT2D eigenvalue weighted by Gasteiger charge is 2.33. The molecule has 0 radical (unpaired) electrons. The molecule has 1 amide bonds. The summed E-state index contributed by atoms with van der Waals surface area (Å²) in [6, 6.07) is 12.2. The maximum absolute atomic E-state index is 13.8. The molecule has 0 bridgehead atoms. The van der Waals surface area contributed by atoms with Gasteiger partial charge in [0, 0.05) is 19.0 Å². The molecule has 8 heteroatoms. The number of hydrogen-bond acceptors (Lipinski definition) is 3. The van der Waals surface area contributed by atoms with Crippen LogP contribution in [0.5, 0.6) is 0 Å². The molecule has 0 unspecified atom stereocenters. The minimum Gasteiger partial charge on any atom is -0.325 e. The lowest BCUT2D eigenvalue weighted by Crippen LogP contribution is -2.41. The van der Waals surface area contributed by atoms with Crippen LogP contribution in [0.15, 0.2) is 53.4 Å². The highest BCUT2D eigenvalue weighted by atomic mass is 35.5. The van der Waals surface area contributed by atoms with Gasteiger partial charge in [0.05, 0.1) is 10.7 Å². The molecule has 1 fully saturated rings. The number of hydrogen-bond donors (Lipinski definition) is 1. The number of carbonyl (C=O) groups excluding carboxylic acids is 1. The largest absolute Gasteiger partial charge is 0.325 e. The summed E-state index contributed by atoms with van der Waals surface area (Å²) in [4.78, 5) is 12.1. The molecule has 5 nitrogen and oxygen atoms in total. The molecular formula is C18H18ClFN2O3S. The van der Waals surface area contributed by atoms with Gasteiger partial charge in [0.2, 0.25) is 15.9 Å². The van der Waals surface area contributed by atoms with Crippen molar-refractivity contribution in [2.45, 2.75) is 17.7 Å². The number of anilines is 1. The summed E-state index contributed by atoms with van der Waals surface area (Å²) in [6.45, 7) is 0.328. The summed E-state index contributed by atoms with van der Waals surface area (Å²) in [5, 5.41) is 3.22. The second-order valence-electron chi connectivity index (χ2n) is 6.08. The van der Waals surface area contributed by atoms with Crippen molar-refractivity contribution in [3.05, 3.63) is 59.4 Å². The zero-order valence-electron chi connectivity index (χ0n) is 13.9. The zero-order valence-corrected chi connectivity index (χ0v) is 15.4. The highest BCUT2D eigenvalue weighted by Crippen LogP contribution is 2.27. The molecular weight excluding hydrogens is 379 g/mol. The molecule has 1 saturated heterocycles. The number of nitrogens with zero attached hydrogens (tertiary/aromatic N) is 1. The average molecular weight is 397 g/mol. The van der Waals surface area contributed by atoms with Gasteiger partial charge in [-0.1, -0.05) is 35.9 Å². The number of halogens is 2. The molecule has 1 heterocycles. The number of nitrogens with one attached hydrogen (secondary N) is 1. The molecule has 0 atom stereocenters. The Hall–Kier alpha value is -1.96. The van der Waals surface area contributed by atoms with E-state index in [9.17, 15) is 17.6 Å². The third-order valence-corrected chi connectivity index (χ3v) is 6.67. The third kappa shape index (κ3) is 3.90. The predicted molar refractivity (Wildman–Crippen MR) is 98.0 cm³/mol. The van der Waals surface area contributed by atoms with Crippen molar-refractivity contribution in [3.63, 3.8) is 0 Å². The number of carbonyl (C=O) groups is 1. The summed E-state index contributed by atoms with van der Waals surface area (Å²) in [5.74, 6) is -1.29. The van der Waals surface area contributed by atoms with E-state index in [-0.39, 0.29) is 29.8 Å². The molecule has 1 aliphatic rings. The lowest BCUT2D eigenvalue weighted by atomic mass is 9.97. The molecule has 1 aliphatic heterocycles. The van der Waals surface area contributed by atoms with Gasteiger partial charge in [-0.3, -0.25) is 4.79 Å². The van der Waals surface area contributed by atoms with Crippen molar-refractivity contribution >= 4 is 33.2 Å². The molecule has 138 valence electrons. The second-order valence-corrected chi connectivity index (χ2v) is 8.39. The Labute approximate surface area is 156 Å². The van der Waals surface area contributed by atoms with E-state index in [1.54, 1.807) is 24.3 Å². The standard InChI is InChI=1S/C18H18ClFN2O3S/c19-14-5-1-3-7-16(14)21-18(23)13-9-11-22(12-10-13)26(24,25)17-8-4-2-6-15(17)20/h1-8,13H,9-12H2,(H,21,23). The monoisotopic (exact) mass is 396 g/mol. The van der Waals surface area contributed by atoms with Crippen LogP contribution in [0, 0.1) is 11.7 Å². The van der Waals surface area contributed by atoms with Crippen LogP contribution in [0.1, 0.15) is 12.8 Å². The zero-order chi connectivity index (χ0) is 18.7. The van der Waals surface area contributed by atoms with Gasteiger partial charge in [-0.05, 0) is 37.1 Å². The molecule has 1 N–H and O–H groups in total. The normalized spacial score (nSPS) is 16.4. The van der Waals surface area contributed by atoms with Crippen LogP contribution < -0.4 is 5.32 Å². The van der Waals surface area contributed by atoms with Crippen molar-refractivity contribution < 1.29 is 17.6 Å². The summed E-state index contributed by atoms with van der Waals surface area (Å²) in [7, 11) is -3.90. The topological polar surface area (TPSA) is 66.5 Å². The van der Waals surface area contributed by atoms with Crippen LogP contribution in [0.2, 0.25) is 5.02 Å². The van der Waals surface area contributed by atoms with E-state index in [1.165, 1.54) is 22.5 Å². The minimum absolute atomic E-state index is 0.164. The third-order valence-electron chi connectivity index (χ3n) is 4.41. The summed E-state index contributed by atoms with van der Waals surface area (Å²) >= 11 is 6.04. The minimum atomic E-state index is -3.90. The van der Waals surface area contributed by atoms with E-state index in [1.807, 2.05) is 0 Å². The summed E-state index contributed by atoms with van der Waals surface area (Å²) in [5.41, 5.74) is 0.528. The van der Waals surface area contributed by atoms with E-state index >= 15 is 0 Å². The first-order valence-electron chi connectivity index (χ1n) is 8.19. The van der Waals surface area contributed by atoms with Crippen LogP contribution in [0.3, 0.4) is 0 Å². The van der Waals surface area contributed by atoms with Crippen molar-refractivity contribution in [2.75, 3.05) is 18.4 Å². The van der Waals surface area contributed by atoms with Crippen molar-refractivity contribution in [1.82, 2.24) is 4.31 Å². The predicted octanol–water partition coefficient (Wildman–Crippen LogP) is 3.52. The van der Waals surface area contributed by atoms with Gasteiger partial charge in [0.25, 0.3) is 0 Å². The Morgan fingerprint density at radius 2 is 1.69 bits per heavy atom. The Kier molecular flexibility index (Phi) is 5.60. The van der Waals surface area contributed by atoms with Crippen LogP contribution in [0.25, 0.3) is 0 Å². The molecule has 2 aromatic carbocycles. The Morgan fingerprint density at radius 1 is 1.08 bits per heavy atom. The van der Waals surface area contributed by atoms with Gasteiger partial charge in [-0.25, -0.2) is 12.8 Å². The van der Waals surface area contributed by atoms with Gasteiger partial charge in [0.1, 0.15) is 10.7 Å². The molecule has 3 rings (SSSR count). The highest BCUT2D eigenvalue weighted by molar-refractivity contribution is 7.89. The van der Waals surface area contributed by atoms with Gasteiger partial charge in [-0.15, -0.1) is 0 Å². The van der Waals surface area contributed by atoms with E-state index in [0.717, 1.165) is 6.07 Å². The van der Waals surface area contributed by atoms with Gasteiger partial charge in [-0.2, -0.15) is 4.31 Å². The number of para-hydroxylation sites is 1. The number of piperidine rings is 1. The maximum atomic E-state index is 13.8. The van der Waals surface area contributed by atoms with Gasteiger partial charge in [0.15, 0.2) is 0 Å². The molecule has 0 aromatic heterocycles. The molecule has 0 saturated carbocycles. The van der Waals surface area contributed by atoms with Crippen LogP contribution >= 0.6 is 11.6 Å². The fraction of sp³-hybridized carbons (Fsp3) is 0.278. The summed E-state index contributed by atoms with van der Waals surface area (Å²) in [6.07, 6.45) is 0.730. The van der Waals surface area contributed by atoms with Crippen LogP contribution in [-0.4, -0.2) is 31.7 Å². The molecule has 2 aromatic rings. The number of sulfonamides is 1. The number of benzene rings is 2. The SMILES string of the molecule is O=C(Nc1ccccc1Cl)C1CCN(S(=O)(=O)c2ccccc2F)CC1. The molecule has 0 aliphatic carbocycles. The smallest absolute Gasteiger partial charge is 0.245 e. The lowest BCUT2D eigenvalue weighted by molar-refractivity contribution is -0.120. The van der Waals surface area contributed by atoms with Gasteiger partial charge >= 0.3 is 0 Å². The van der Waals surface area contributed by atoms with E-state index in [0.29, 0.717) is 23.6 Å². The Balaban J connectivity index is 1.65. The maximum Gasteiger partial charge on any atom is 0.245 e. The van der Waals surface area contributed by atoms with Crippen LogP contribution in [-0.2, 0) is 14.8 Å². The molecule has 0 spiro atoms. The quantitative estimate of drug-likeness (QED) is 0.859. The number of amides is 1. The first-order chi connectivity index (χ1) is 12.4. The first-order valence-corrected chi connectivity index (χ1v) is 10.0. The van der Waals surface area contributed by atoms with E-state index < -0.39 is 15.8 Å². The van der Waals surface area contributed by atoms with Crippen LogP contribution in [0.4, 0.5) is 10.1 Å². The van der Waals surface area contributed by atoms with Crippen molar-refractivity contribution in [2.24, 2.45) is 5.92 Å². The summed E-state index contributed by atoms with van der Waals surface area (Å²) < 4.78 is 40.2. The fourth-order valence-electron chi connectivity index (χ4n) is 2.95. The Morgan fingerprint density at radius 3 is 2.35 bits per heavy atom. The lowest BCUT2D eigenvalue weighted by Gasteiger charge is -2.30. The fourth-order valence-corrected chi connectivity index (χ4v) is 4.67. The second kappa shape index (κ2) is 7.73. The van der Waals surface area contributed by atoms with E-state index in [2.05, 4.69) is 5.32 Å². The first kappa shape index (κ1) is 18.8. The number of rotatable bonds is 4. The average Bonchev–Trinajstić information content (AvgIpc) is 2.64.